The van der Waals surface area contributed by atoms with E-state index in [2.05, 4.69) is 21.9 Å². The lowest BCUT2D eigenvalue weighted by Crippen LogP contribution is -2.28. The molecule has 0 unspecified atom stereocenters. The zero-order chi connectivity index (χ0) is 24.1. The van der Waals surface area contributed by atoms with Crippen LogP contribution in [0.4, 0.5) is 5.69 Å². The predicted octanol–water partition coefficient (Wildman–Crippen LogP) is 5.37. The Balaban J connectivity index is 1.33. The number of nitrogens with zero attached hydrogens (tertiary/aromatic N) is 1. The van der Waals surface area contributed by atoms with Crippen molar-refractivity contribution in [3.8, 4) is 5.75 Å². The minimum absolute atomic E-state index is 0.0569. The minimum atomic E-state index is -0.452. The van der Waals surface area contributed by atoms with Gasteiger partial charge >= 0.3 is 5.91 Å². The third kappa shape index (κ3) is 5.92. The SMILES string of the molecule is CC(=NNC(=O)c1ccc(COc2cc(C)cc(C)c2)o1)c1cccc(NC(=O)C2CCC2)c1. The molecule has 1 aliphatic carbocycles. The van der Waals surface area contributed by atoms with Gasteiger partial charge in [0.25, 0.3) is 0 Å². The topological polar surface area (TPSA) is 92.9 Å². The lowest BCUT2D eigenvalue weighted by Gasteiger charge is -2.24. The number of rotatable bonds is 8. The van der Waals surface area contributed by atoms with Gasteiger partial charge in [0.1, 0.15) is 18.1 Å². The number of hydrogen-bond acceptors (Lipinski definition) is 5. The summed E-state index contributed by atoms with van der Waals surface area (Å²) in [5, 5.41) is 7.14. The molecule has 0 radical (unpaired) electrons. The standard InChI is InChI=1S/C27H29N3O4/c1-17-12-18(2)14-24(13-17)33-16-23-10-11-25(34-23)27(32)30-29-19(3)21-8-5-9-22(15-21)28-26(31)20-6-4-7-20/h5,8-15,20H,4,6-7,16H2,1-3H3,(H,28,31)(H,30,32). The second kappa shape index (κ2) is 10.4. The molecule has 1 saturated carbocycles. The number of anilines is 1. The van der Waals surface area contributed by atoms with Gasteiger partial charge in [0.05, 0.1) is 5.71 Å². The van der Waals surface area contributed by atoms with Crippen LogP contribution in [-0.4, -0.2) is 17.5 Å². The van der Waals surface area contributed by atoms with E-state index in [1.165, 1.54) is 0 Å². The lowest BCUT2D eigenvalue weighted by molar-refractivity contribution is -0.122. The van der Waals surface area contributed by atoms with E-state index >= 15 is 0 Å². The van der Waals surface area contributed by atoms with E-state index in [1.54, 1.807) is 19.1 Å². The van der Waals surface area contributed by atoms with Crippen molar-refractivity contribution >= 4 is 23.2 Å². The summed E-state index contributed by atoms with van der Waals surface area (Å²) in [7, 11) is 0. The number of aryl methyl sites for hydroxylation is 2. The Morgan fingerprint density at radius 1 is 1.06 bits per heavy atom. The molecule has 0 spiro atoms. The summed E-state index contributed by atoms with van der Waals surface area (Å²) in [4.78, 5) is 24.7. The highest BCUT2D eigenvalue weighted by Crippen LogP contribution is 2.27. The zero-order valence-corrected chi connectivity index (χ0v) is 19.7. The maximum atomic E-state index is 12.5. The quantitative estimate of drug-likeness (QED) is 0.350. The van der Waals surface area contributed by atoms with Crippen LogP contribution in [0.5, 0.6) is 5.75 Å². The van der Waals surface area contributed by atoms with E-state index in [0.29, 0.717) is 11.5 Å². The Bertz CT molecular complexity index is 1200. The highest BCUT2D eigenvalue weighted by molar-refractivity contribution is 6.02. The van der Waals surface area contributed by atoms with E-state index < -0.39 is 5.91 Å². The molecule has 0 saturated heterocycles. The summed E-state index contributed by atoms with van der Waals surface area (Å²) in [5.74, 6) is 1.17. The Hall–Kier alpha value is -3.87. The third-order valence-corrected chi connectivity index (χ3v) is 5.81. The number of carbonyl (C=O) groups excluding carboxylic acids is 2. The van der Waals surface area contributed by atoms with Crippen LogP contribution in [0.1, 0.15) is 59.2 Å². The van der Waals surface area contributed by atoms with Gasteiger partial charge in [-0.1, -0.05) is 24.6 Å². The van der Waals surface area contributed by atoms with Gasteiger partial charge in [0.2, 0.25) is 5.91 Å². The van der Waals surface area contributed by atoms with E-state index in [0.717, 1.165) is 47.4 Å². The van der Waals surface area contributed by atoms with E-state index in [1.807, 2.05) is 50.2 Å². The molecule has 176 valence electrons. The number of benzene rings is 2. The van der Waals surface area contributed by atoms with Crippen molar-refractivity contribution in [2.45, 2.75) is 46.6 Å². The largest absolute Gasteiger partial charge is 0.486 e. The zero-order valence-electron chi connectivity index (χ0n) is 19.7. The van der Waals surface area contributed by atoms with Crippen LogP contribution in [0.25, 0.3) is 0 Å². The molecule has 0 atom stereocenters. The first-order valence-electron chi connectivity index (χ1n) is 11.4. The first kappa shape index (κ1) is 23.3. The summed E-state index contributed by atoms with van der Waals surface area (Å²) >= 11 is 0. The number of nitrogens with one attached hydrogen (secondary N) is 2. The van der Waals surface area contributed by atoms with E-state index in [9.17, 15) is 9.59 Å². The number of amides is 2. The molecule has 0 aliphatic heterocycles. The van der Waals surface area contributed by atoms with Gasteiger partial charge in [-0.15, -0.1) is 0 Å². The Kier molecular flexibility index (Phi) is 7.11. The van der Waals surface area contributed by atoms with Crippen LogP contribution in [0.15, 0.2) is 64.1 Å². The van der Waals surface area contributed by atoms with E-state index in [-0.39, 0.29) is 24.2 Å². The molecule has 7 nitrogen and oxygen atoms in total. The maximum Gasteiger partial charge on any atom is 0.307 e. The van der Waals surface area contributed by atoms with Crippen LogP contribution in [0.3, 0.4) is 0 Å². The number of carbonyl (C=O) groups is 2. The summed E-state index contributed by atoms with van der Waals surface area (Å²) < 4.78 is 11.4. The minimum Gasteiger partial charge on any atom is -0.486 e. The van der Waals surface area contributed by atoms with Crippen molar-refractivity contribution in [2.24, 2.45) is 11.0 Å². The molecular formula is C27H29N3O4. The fourth-order valence-corrected chi connectivity index (χ4v) is 3.74. The second-order valence-electron chi connectivity index (χ2n) is 8.71. The summed E-state index contributed by atoms with van der Waals surface area (Å²) in [5.41, 5.74) is 6.89. The van der Waals surface area contributed by atoms with Gasteiger partial charge in [-0.25, -0.2) is 5.43 Å². The van der Waals surface area contributed by atoms with Crippen LogP contribution < -0.4 is 15.5 Å². The molecule has 0 bridgehead atoms. The van der Waals surface area contributed by atoms with Gasteiger partial charge in [-0.05, 0) is 86.7 Å². The van der Waals surface area contributed by atoms with Gasteiger partial charge in [-0.3, -0.25) is 9.59 Å². The van der Waals surface area contributed by atoms with Crippen molar-refractivity contribution in [1.29, 1.82) is 0 Å². The molecule has 2 aromatic carbocycles. The summed E-state index contributed by atoms with van der Waals surface area (Å²) in [6.07, 6.45) is 3.01. The molecule has 4 rings (SSSR count). The van der Waals surface area contributed by atoms with Gasteiger partial charge < -0.3 is 14.5 Å². The van der Waals surface area contributed by atoms with E-state index in [4.69, 9.17) is 9.15 Å². The Morgan fingerprint density at radius 2 is 1.82 bits per heavy atom. The Labute approximate surface area is 199 Å². The van der Waals surface area contributed by atoms with Gasteiger partial charge in [0.15, 0.2) is 5.76 Å². The van der Waals surface area contributed by atoms with Crippen LogP contribution in [-0.2, 0) is 11.4 Å². The van der Waals surface area contributed by atoms with Crippen LogP contribution in [0, 0.1) is 19.8 Å². The molecule has 1 heterocycles. The van der Waals surface area contributed by atoms with Crippen LogP contribution >= 0.6 is 0 Å². The average molecular weight is 460 g/mol. The molecule has 2 amide bonds. The number of ether oxygens (including phenoxy) is 1. The summed E-state index contributed by atoms with van der Waals surface area (Å²) in [6, 6.07) is 16.7. The molecule has 2 N–H and O–H groups in total. The smallest absolute Gasteiger partial charge is 0.307 e. The molecule has 1 aromatic heterocycles. The molecule has 1 fully saturated rings. The number of hydrazone groups is 1. The lowest BCUT2D eigenvalue weighted by atomic mass is 9.85. The molecular weight excluding hydrogens is 430 g/mol. The maximum absolute atomic E-state index is 12.5. The highest BCUT2D eigenvalue weighted by Gasteiger charge is 2.25. The first-order chi connectivity index (χ1) is 16.4. The normalized spacial score (nSPS) is 13.8. The van der Waals surface area contributed by atoms with Crippen LogP contribution in [0.2, 0.25) is 0 Å². The van der Waals surface area contributed by atoms with Crippen molar-refractivity contribution in [2.75, 3.05) is 5.32 Å². The highest BCUT2D eigenvalue weighted by atomic mass is 16.5. The molecule has 1 aliphatic rings. The molecule has 7 heteroatoms. The molecule has 3 aromatic rings. The average Bonchev–Trinajstić information content (AvgIpc) is 3.23. The number of hydrogen-bond donors (Lipinski definition) is 2. The fraction of sp³-hybridized carbons (Fsp3) is 0.296. The van der Waals surface area contributed by atoms with Crippen molar-refractivity contribution in [1.82, 2.24) is 5.43 Å². The predicted molar refractivity (Wildman–Crippen MR) is 131 cm³/mol. The Morgan fingerprint density at radius 3 is 2.53 bits per heavy atom. The second-order valence-corrected chi connectivity index (χ2v) is 8.71. The third-order valence-electron chi connectivity index (χ3n) is 5.81. The summed E-state index contributed by atoms with van der Waals surface area (Å²) in [6.45, 7) is 6.04. The first-order valence-corrected chi connectivity index (χ1v) is 11.4. The monoisotopic (exact) mass is 459 g/mol. The molecule has 34 heavy (non-hydrogen) atoms. The van der Waals surface area contributed by atoms with Gasteiger partial charge in [-0.2, -0.15) is 5.10 Å². The van der Waals surface area contributed by atoms with Crippen molar-refractivity contribution < 1.29 is 18.7 Å². The fourth-order valence-electron chi connectivity index (χ4n) is 3.74. The van der Waals surface area contributed by atoms with Crippen molar-refractivity contribution in [3.63, 3.8) is 0 Å². The van der Waals surface area contributed by atoms with Crippen molar-refractivity contribution in [3.05, 3.63) is 82.8 Å². The van der Waals surface area contributed by atoms with Gasteiger partial charge in [0, 0.05) is 11.6 Å². The number of furan rings is 1.